The second kappa shape index (κ2) is 5.33. The van der Waals surface area contributed by atoms with Crippen molar-refractivity contribution in [3.05, 3.63) is 0 Å². The van der Waals surface area contributed by atoms with Gasteiger partial charge in [0.1, 0.15) is 5.54 Å². The molecule has 0 aliphatic heterocycles. The summed E-state index contributed by atoms with van der Waals surface area (Å²) in [6, 6.07) is 0. The molecule has 5 nitrogen and oxygen atoms in total. The molecule has 0 saturated heterocycles. The third kappa shape index (κ3) is 2.46. The van der Waals surface area contributed by atoms with Crippen LogP contribution in [0.3, 0.4) is 0 Å². The molecular formula is C12H24N2O3. The highest BCUT2D eigenvalue weighted by Gasteiger charge is 2.62. The highest BCUT2D eigenvalue weighted by molar-refractivity contribution is 5.88. The summed E-state index contributed by atoms with van der Waals surface area (Å²) in [7, 11) is 1.60. The summed E-state index contributed by atoms with van der Waals surface area (Å²) in [5, 5.41) is 2.80. The third-order valence-corrected chi connectivity index (χ3v) is 3.83. The van der Waals surface area contributed by atoms with Gasteiger partial charge in [-0.25, -0.2) is 0 Å². The van der Waals surface area contributed by atoms with Gasteiger partial charge in [0.2, 0.25) is 5.91 Å². The number of ether oxygens (including phenoxy) is 2. The van der Waals surface area contributed by atoms with Crippen molar-refractivity contribution in [1.82, 2.24) is 5.32 Å². The Morgan fingerprint density at radius 2 is 2.18 bits per heavy atom. The summed E-state index contributed by atoms with van der Waals surface area (Å²) >= 11 is 0. The zero-order chi connectivity index (χ0) is 13.1. The number of hydrogen-bond donors (Lipinski definition) is 2. The van der Waals surface area contributed by atoms with Gasteiger partial charge < -0.3 is 20.5 Å². The fraction of sp³-hybridized carbons (Fsp3) is 0.917. The van der Waals surface area contributed by atoms with Crippen LogP contribution >= 0.6 is 0 Å². The second-order valence-electron chi connectivity index (χ2n) is 5.09. The number of nitrogens with two attached hydrogens (primary N) is 1. The van der Waals surface area contributed by atoms with Crippen LogP contribution < -0.4 is 11.1 Å². The number of methoxy groups -OCH3 is 1. The molecule has 2 atom stereocenters. The Hall–Kier alpha value is -0.650. The predicted octanol–water partition coefficient (Wildman–Crippen LogP) is 0.282. The van der Waals surface area contributed by atoms with E-state index in [2.05, 4.69) is 5.32 Å². The van der Waals surface area contributed by atoms with E-state index in [0.717, 1.165) is 0 Å². The van der Waals surface area contributed by atoms with Crippen LogP contribution in [0, 0.1) is 5.41 Å². The minimum absolute atomic E-state index is 0.0608. The SMILES string of the molecule is CCOC1CC(N)(C(=O)NCCOC)C1(C)C. The smallest absolute Gasteiger partial charge is 0.240 e. The Morgan fingerprint density at radius 3 is 2.65 bits per heavy atom. The zero-order valence-corrected chi connectivity index (χ0v) is 11.2. The van der Waals surface area contributed by atoms with Crippen LogP contribution in [0.1, 0.15) is 27.2 Å². The van der Waals surface area contributed by atoms with E-state index in [1.54, 1.807) is 7.11 Å². The second-order valence-corrected chi connectivity index (χ2v) is 5.09. The quantitative estimate of drug-likeness (QED) is 0.658. The third-order valence-electron chi connectivity index (χ3n) is 3.83. The fourth-order valence-corrected chi connectivity index (χ4v) is 2.24. The highest BCUT2D eigenvalue weighted by Crippen LogP contribution is 2.49. The molecule has 0 radical (unpaired) electrons. The number of carbonyl (C=O) groups is 1. The first-order chi connectivity index (χ1) is 7.90. The van der Waals surface area contributed by atoms with Gasteiger partial charge in [0.05, 0.1) is 12.7 Å². The molecule has 100 valence electrons. The Balaban J connectivity index is 2.55. The Bertz CT molecular complexity index is 281. The van der Waals surface area contributed by atoms with Crippen molar-refractivity contribution in [3.8, 4) is 0 Å². The molecule has 0 spiro atoms. The number of nitrogens with one attached hydrogen (secondary N) is 1. The van der Waals surface area contributed by atoms with Gasteiger partial charge in [-0.1, -0.05) is 13.8 Å². The lowest BCUT2D eigenvalue weighted by atomic mass is 9.54. The summed E-state index contributed by atoms with van der Waals surface area (Å²) in [5.41, 5.74) is 5.03. The Morgan fingerprint density at radius 1 is 1.53 bits per heavy atom. The molecule has 5 heteroatoms. The highest BCUT2D eigenvalue weighted by atomic mass is 16.5. The standard InChI is InChI=1S/C12H24N2O3/c1-5-17-9-8-12(13,11(9,2)3)10(15)14-6-7-16-4/h9H,5-8,13H2,1-4H3,(H,14,15). The van der Waals surface area contributed by atoms with Crippen LogP contribution in [0.25, 0.3) is 0 Å². The average molecular weight is 244 g/mol. The average Bonchev–Trinajstić information content (AvgIpc) is 2.28. The van der Waals surface area contributed by atoms with Crippen molar-refractivity contribution in [2.75, 3.05) is 26.9 Å². The van der Waals surface area contributed by atoms with E-state index in [9.17, 15) is 4.79 Å². The molecular weight excluding hydrogens is 220 g/mol. The number of rotatable bonds is 6. The van der Waals surface area contributed by atoms with E-state index < -0.39 is 5.54 Å². The molecule has 17 heavy (non-hydrogen) atoms. The van der Waals surface area contributed by atoms with Gasteiger partial charge >= 0.3 is 0 Å². The first-order valence-electron chi connectivity index (χ1n) is 6.08. The molecule has 1 aliphatic carbocycles. The van der Waals surface area contributed by atoms with Crippen molar-refractivity contribution in [2.24, 2.45) is 11.1 Å². The van der Waals surface area contributed by atoms with Gasteiger partial charge in [-0.05, 0) is 6.92 Å². The van der Waals surface area contributed by atoms with Crippen molar-refractivity contribution in [3.63, 3.8) is 0 Å². The first-order valence-corrected chi connectivity index (χ1v) is 6.08. The molecule has 1 saturated carbocycles. The minimum atomic E-state index is -0.833. The van der Waals surface area contributed by atoms with Crippen LogP contribution in [0.2, 0.25) is 0 Å². The normalized spacial score (nSPS) is 30.8. The molecule has 3 N–H and O–H groups in total. The van der Waals surface area contributed by atoms with E-state index >= 15 is 0 Å². The van der Waals surface area contributed by atoms with Crippen LogP contribution in [0.4, 0.5) is 0 Å². The summed E-state index contributed by atoms with van der Waals surface area (Å²) in [6.07, 6.45) is 0.637. The van der Waals surface area contributed by atoms with Crippen molar-refractivity contribution in [2.45, 2.75) is 38.8 Å². The van der Waals surface area contributed by atoms with Gasteiger partial charge in [-0.2, -0.15) is 0 Å². The van der Waals surface area contributed by atoms with Crippen LogP contribution in [0.5, 0.6) is 0 Å². The maximum absolute atomic E-state index is 12.0. The molecule has 1 aliphatic rings. The molecule has 0 bridgehead atoms. The number of amides is 1. The Kier molecular flexibility index (Phi) is 4.52. The largest absolute Gasteiger partial charge is 0.383 e. The lowest BCUT2D eigenvalue weighted by molar-refractivity contribution is -0.170. The van der Waals surface area contributed by atoms with Gasteiger partial charge in [-0.15, -0.1) is 0 Å². The molecule has 1 rings (SSSR count). The van der Waals surface area contributed by atoms with Crippen molar-refractivity contribution >= 4 is 5.91 Å². The predicted molar refractivity (Wildman–Crippen MR) is 65.6 cm³/mol. The lowest BCUT2D eigenvalue weighted by Gasteiger charge is -2.57. The van der Waals surface area contributed by atoms with E-state index in [-0.39, 0.29) is 17.4 Å². The van der Waals surface area contributed by atoms with E-state index in [4.69, 9.17) is 15.2 Å². The van der Waals surface area contributed by atoms with Gasteiger partial charge in [0.15, 0.2) is 0 Å². The van der Waals surface area contributed by atoms with Crippen LogP contribution in [-0.2, 0) is 14.3 Å². The zero-order valence-electron chi connectivity index (χ0n) is 11.2. The van der Waals surface area contributed by atoms with Gasteiger partial charge in [0, 0.05) is 32.1 Å². The van der Waals surface area contributed by atoms with Crippen LogP contribution in [0.15, 0.2) is 0 Å². The maximum Gasteiger partial charge on any atom is 0.240 e. The fourth-order valence-electron chi connectivity index (χ4n) is 2.24. The molecule has 1 fully saturated rings. The first kappa shape index (κ1) is 14.4. The number of carbonyl (C=O) groups excluding carboxylic acids is 1. The Labute approximate surface area is 103 Å². The van der Waals surface area contributed by atoms with Crippen molar-refractivity contribution < 1.29 is 14.3 Å². The van der Waals surface area contributed by atoms with E-state index in [0.29, 0.717) is 26.2 Å². The summed E-state index contributed by atoms with van der Waals surface area (Å²) < 4.78 is 10.5. The molecule has 2 unspecified atom stereocenters. The van der Waals surface area contributed by atoms with Gasteiger partial charge in [-0.3, -0.25) is 4.79 Å². The molecule has 0 heterocycles. The van der Waals surface area contributed by atoms with Crippen LogP contribution in [-0.4, -0.2) is 44.4 Å². The van der Waals surface area contributed by atoms with Gasteiger partial charge in [0.25, 0.3) is 0 Å². The summed E-state index contributed by atoms with van der Waals surface area (Å²) in [5.74, 6) is -0.115. The molecule has 0 aromatic heterocycles. The summed E-state index contributed by atoms with van der Waals surface area (Å²) in [4.78, 5) is 12.0. The van der Waals surface area contributed by atoms with E-state index in [1.165, 1.54) is 0 Å². The number of hydrogen-bond acceptors (Lipinski definition) is 4. The van der Waals surface area contributed by atoms with E-state index in [1.807, 2.05) is 20.8 Å². The lowest BCUT2D eigenvalue weighted by Crippen LogP contribution is -2.75. The molecule has 0 aromatic rings. The topological polar surface area (TPSA) is 73.6 Å². The maximum atomic E-state index is 12.0. The minimum Gasteiger partial charge on any atom is -0.383 e. The molecule has 1 amide bonds. The molecule has 0 aromatic carbocycles. The van der Waals surface area contributed by atoms with Crippen molar-refractivity contribution in [1.29, 1.82) is 0 Å². The summed E-state index contributed by atoms with van der Waals surface area (Å²) in [6.45, 7) is 7.54. The monoisotopic (exact) mass is 244 g/mol.